The Morgan fingerprint density at radius 1 is 1.05 bits per heavy atom. The first kappa shape index (κ1) is 25.6. The minimum absolute atomic E-state index is 0.0349. The average molecular weight is 528 g/mol. The normalized spacial score (nSPS) is 15.6. The molecule has 0 saturated heterocycles. The molecule has 9 heteroatoms. The predicted molar refractivity (Wildman–Crippen MR) is 159 cm³/mol. The summed E-state index contributed by atoms with van der Waals surface area (Å²) in [5, 5.41) is 17.1. The van der Waals surface area contributed by atoms with Crippen LogP contribution in [0.25, 0.3) is 22.2 Å². The molecule has 198 valence electrons. The van der Waals surface area contributed by atoms with Crippen LogP contribution in [-0.2, 0) is 6.32 Å². The van der Waals surface area contributed by atoms with Gasteiger partial charge in [-0.1, -0.05) is 79.4 Å². The van der Waals surface area contributed by atoms with Crippen molar-refractivity contribution in [1.29, 1.82) is 5.26 Å². The topological polar surface area (TPSA) is 122 Å². The number of hydrogen-bond acceptors (Lipinski definition) is 5. The van der Waals surface area contributed by atoms with Gasteiger partial charge in [0, 0.05) is 22.4 Å². The fraction of sp³-hybridized carbons (Fsp3) is 0.258. The van der Waals surface area contributed by atoms with E-state index in [-0.39, 0.29) is 12.6 Å². The monoisotopic (exact) mass is 528 g/mol. The van der Waals surface area contributed by atoms with Gasteiger partial charge in [-0.25, -0.2) is 16.1 Å². The summed E-state index contributed by atoms with van der Waals surface area (Å²) in [6.45, 7) is 0.0349. The Hall–Kier alpha value is -4.71. The Labute approximate surface area is 232 Å². The number of nitrogens with one attached hydrogen (secondary N) is 3. The van der Waals surface area contributed by atoms with Crippen LogP contribution in [0.1, 0.15) is 65.1 Å². The van der Waals surface area contributed by atoms with Crippen LogP contribution in [-0.4, -0.2) is 23.8 Å². The highest BCUT2D eigenvalue weighted by Crippen LogP contribution is 2.40. The molecule has 2 fully saturated rings. The number of H-pyrrole nitrogens is 1. The molecule has 2 aliphatic carbocycles. The zero-order valence-electron chi connectivity index (χ0n) is 22.1. The molecular weight excluding hydrogens is 499 g/mol. The van der Waals surface area contributed by atoms with Gasteiger partial charge in [-0.2, -0.15) is 5.10 Å². The van der Waals surface area contributed by atoms with Crippen molar-refractivity contribution >= 4 is 35.4 Å². The Morgan fingerprint density at radius 2 is 1.88 bits per heavy atom. The number of nitroso groups, excluding NO2 is 1. The lowest BCUT2D eigenvalue weighted by molar-refractivity contribution is 0.0957. The van der Waals surface area contributed by atoms with Gasteiger partial charge >= 0.3 is 0 Å². The average Bonchev–Trinajstić information content (AvgIpc) is 3.76. The summed E-state index contributed by atoms with van der Waals surface area (Å²) in [4.78, 5) is 26.5. The van der Waals surface area contributed by atoms with Crippen LogP contribution >= 0.6 is 0 Å². The summed E-state index contributed by atoms with van der Waals surface area (Å²) in [5.41, 5.74) is 11.6. The molecule has 2 saturated carbocycles. The fourth-order valence-electron chi connectivity index (χ4n) is 5.64. The highest BCUT2D eigenvalue weighted by atomic mass is 16.3. The summed E-state index contributed by atoms with van der Waals surface area (Å²) in [7, 11) is 0. The number of benzene rings is 3. The van der Waals surface area contributed by atoms with Crippen molar-refractivity contribution in [3.63, 3.8) is 0 Å². The van der Waals surface area contributed by atoms with Crippen LogP contribution < -0.4 is 10.9 Å². The molecule has 3 aliphatic rings. The SMILES string of the molecule is N#CB(Cc1cccc(-c2[nH]c3cc(NN=O)cc4c3c2C=NNC4=O)c1)C1CCC1.c1ccc(C2CC2)cc1. The van der Waals surface area contributed by atoms with Crippen molar-refractivity contribution < 1.29 is 4.79 Å². The number of nitrogens with zero attached hydrogens (tertiary/aromatic N) is 3. The van der Waals surface area contributed by atoms with Crippen molar-refractivity contribution in [3.8, 4) is 17.2 Å². The van der Waals surface area contributed by atoms with Crippen molar-refractivity contribution in [2.24, 2.45) is 10.4 Å². The number of hydrogen-bond donors (Lipinski definition) is 3. The van der Waals surface area contributed by atoms with Crippen molar-refractivity contribution in [2.45, 2.75) is 50.2 Å². The number of rotatable bonds is 7. The summed E-state index contributed by atoms with van der Waals surface area (Å²) in [6.07, 6.45) is 8.66. The van der Waals surface area contributed by atoms with E-state index in [1.165, 1.54) is 24.8 Å². The van der Waals surface area contributed by atoms with Crippen molar-refractivity contribution in [3.05, 3.63) is 93.9 Å². The van der Waals surface area contributed by atoms with Crippen LogP contribution in [0.4, 0.5) is 5.69 Å². The standard InChI is InChI=1S/C22H19BN6O2.C9H10/c24-12-23(15-5-2-6-15)10-13-3-1-4-14(7-13)21-18-11-25-28-22(30)17-8-16(27-29-31)9-19(26-21)20(17)18;1-2-4-8(5-3-1)9-6-7-9/h1,3-4,7-9,11,15,26H,2,5-6,10H2,(H,27,31)(H,28,30);1-5,9H,6-7H2. The number of anilines is 1. The first-order valence-electron chi connectivity index (χ1n) is 13.8. The van der Waals surface area contributed by atoms with E-state index in [1.807, 2.05) is 12.1 Å². The molecule has 1 aromatic heterocycles. The highest BCUT2D eigenvalue weighted by molar-refractivity contribution is 6.68. The lowest BCUT2D eigenvalue weighted by Crippen LogP contribution is -2.27. The molecule has 3 aromatic carbocycles. The van der Waals surface area contributed by atoms with Gasteiger partial charge in [-0.15, -0.1) is 4.91 Å². The van der Waals surface area contributed by atoms with E-state index in [4.69, 9.17) is 0 Å². The smallest absolute Gasteiger partial charge is 0.275 e. The molecule has 0 unspecified atom stereocenters. The van der Waals surface area contributed by atoms with Crippen LogP contribution in [0.5, 0.6) is 0 Å². The molecule has 8 nitrogen and oxygen atoms in total. The Bertz CT molecular complexity index is 1630. The molecule has 0 atom stereocenters. The quantitative estimate of drug-likeness (QED) is 0.139. The molecule has 40 heavy (non-hydrogen) atoms. The molecule has 1 aliphatic heterocycles. The van der Waals surface area contributed by atoms with E-state index < -0.39 is 0 Å². The second-order valence-electron chi connectivity index (χ2n) is 10.8. The van der Waals surface area contributed by atoms with Crippen LogP contribution in [0, 0.1) is 16.1 Å². The minimum atomic E-state index is -0.355. The Kier molecular flexibility index (Phi) is 7.15. The molecular formula is C31H29BN6O2. The van der Waals surface area contributed by atoms with E-state index in [0.717, 1.165) is 52.9 Å². The maximum absolute atomic E-state index is 12.5. The lowest BCUT2D eigenvalue weighted by atomic mass is 9.35. The zero-order valence-corrected chi connectivity index (χ0v) is 22.1. The van der Waals surface area contributed by atoms with Gasteiger partial charge in [-0.05, 0) is 54.2 Å². The van der Waals surface area contributed by atoms with E-state index in [9.17, 15) is 15.0 Å². The zero-order chi connectivity index (χ0) is 27.5. The molecule has 3 N–H and O–H groups in total. The van der Waals surface area contributed by atoms with E-state index in [0.29, 0.717) is 22.6 Å². The molecule has 7 rings (SSSR count). The molecule has 0 spiro atoms. The first-order chi connectivity index (χ1) is 19.6. The summed E-state index contributed by atoms with van der Waals surface area (Å²) < 4.78 is 0. The van der Waals surface area contributed by atoms with Gasteiger partial charge in [-0.3, -0.25) is 4.79 Å². The molecule has 1 amide bonds. The number of nitriles is 1. The third kappa shape index (κ3) is 5.25. The van der Waals surface area contributed by atoms with Crippen molar-refractivity contribution in [2.75, 3.05) is 5.43 Å². The predicted octanol–water partition coefficient (Wildman–Crippen LogP) is 6.76. The van der Waals surface area contributed by atoms with Gasteiger partial charge in [0.2, 0.25) is 0 Å². The number of aromatic nitrogens is 1. The molecule has 4 aromatic rings. The van der Waals surface area contributed by atoms with Crippen molar-refractivity contribution in [1.82, 2.24) is 10.4 Å². The molecule has 0 bridgehead atoms. The van der Waals surface area contributed by atoms with Gasteiger partial charge < -0.3 is 4.98 Å². The maximum atomic E-state index is 12.5. The van der Waals surface area contributed by atoms with E-state index in [2.05, 4.69) is 74.7 Å². The van der Waals surface area contributed by atoms with Crippen LogP contribution in [0.3, 0.4) is 0 Å². The van der Waals surface area contributed by atoms with Gasteiger partial charge in [0.15, 0.2) is 0 Å². The summed E-state index contributed by atoms with van der Waals surface area (Å²) in [6, 6.07) is 22.2. The maximum Gasteiger partial charge on any atom is 0.275 e. The fourth-order valence-corrected chi connectivity index (χ4v) is 5.64. The lowest BCUT2D eigenvalue weighted by Gasteiger charge is -2.27. The summed E-state index contributed by atoms with van der Waals surface area (Å²) in [5.74, 6) is 3.54. The second kappa shape index (κ2) is 11.2. The van der Waals surface area contributed by atoms with Crippen LogP contribution in [0.15, 0.2) is 77.1 Å². The minimum Gasteiger partial charge on any atom is -0.354 e. The third-order valence-corrected chi connectivity index (χ3v) is 8.12. The van der Waals surface area contributed by atoms with Crippen LogP contribution in [0.2, 0.25) is 5.82 Å². The summed E-state index contributed by atoms with van der Waals surface area (Å²) >= 11 is 0. The molecule has 2 heterocycles. The molecule has 0 radical (unpaired) electrons. The number of carbonyl (C=O) groups is 1. The number of carbonyl (C=O) groups excluding carboxylic acids is 1. The van der Waals surface area contributed by atoms with Gasteiger partial charge in [0.05, 0.1) is 28.4 Å². The number of aromatic amines is 1. The first-order valence-corrected chi connectivity index (χ1v) is 13.8. The van der Waals surface area contributed by atoms with E-state index >= 15 is 0 Å². The Balaban J connectivity index is 0.000000271. The Morgan fingerprint density at radius 3 is 2.58 bits per heavy atom. The van der Waals surface area contributed by atoms with E-state index in [1.54, 1.807) is 18.3 Å². The number of hydrazone groups is 1. The van der Waals surface area contributed by atoms with Gasteiger partial charge in [0.25, 0.3) is 12.6 Å². The third-order valence-electron chi connectivity index (χ3n) is 8.12. The second-order valence-corrected chi connectivity index (χ2v) is 10.8. The largest absolute Gasteiger partial charge is 0.354 e. The van der Waals surface area contributed by atoms with Gasteiger partial charge in [0.1, 0.15) is 0 Å². The number of amides is 1. The highest BCUT2D eigenvalue weighted by Gasteiger charge is 2.31.